The monoisotopic (exact) mass is 288 g/mol. The number of Topliss-reactive ketones (excluding diaryl/α,β-unsaturated/α-hetero) is 1. The molecule has 0 aliphatic heterocycles. The normalized spacial score (nSPS) is 14.4. The molecule has 1 aliphatic rings. The molecule has 2 heterocycles. The number of carbonyl (C=O) groups excluding carboxylic acids is 1. The lowest BCUT2D eigenvalue weighted by atomic mass is 9.94. The molecule has 4 nitrogen and oxygen atoms in total. The van der Waals surface area contributed by atoms with Crippen LogP contribution in [0, 0.1) is 13.8 Å². The Hall–Kier alpha value is -1.75. The Labute approximate surface area is 121 Å². The molecule has 5 heteroatoms. The van der Waals surface area contributed by atoms with Gasteiger partial charge in [0.2, 0.25) is 0 Å². The number of ketones is 1. The summed E-state index contributed by atoms with van der Waals surface area (Å²) in [6.45, 7) is 4.47. The average molecular weight is 288 g/mol. The Morgan fingerprint density at radius 1 is 1.25 bits per heavy atom. The van der Waals surface area contributed by atoms with Gasteiger partial charge in [0.15, 0.2) is 5.78 Å². The van der Waals surface area contributed by atoms with Gasteiger partial charge < -0.3 is 4.57 Å². The summed E-state index contributed by atoms with van der Waals surface area (Å²) in [5, 5.41) is 0.925. The summed E-state index contributed by atoms with van der Waals surface area (Å²) < 4.78 is 1.71. The number of thiazole rings is 1. The second-order valence-corrected chi connectivity index (χ2v) is 6.43. The maximum absolute atomic E-state index is 12.1. The molecule has 104 valence electrons. The zero-order valence-electron chi connectivity index (χ0n) is 11.6. The van der Waals surface area contributed by atoms with Gasteiger partial charge >= 0.3 is 0 Å². The van der Waals surface area contributed by atoms with Gasteiger partial charge in [-0.1, -0.05) is 0 Å². The molecular weight excluding hydrogens is 272 g/mol. The molecule has 1 aliphatic carbocycles. The first-order valence-corrected chi connectivity index (χ1v) is 7.56. The molecule has 0 amide bonds. The van der Waals surface area contributed by atoms with Crippen LogP contribution in [0.15, 0.2) is 16.9 Å². The lowest BCUT2D eigenvalue weighted by molar-refractivity contribution is 0.0970. The first-order valence-electron chi connectivity index (χ1n) is 6.75. The molecular formula is C15H16N2O2S. The summed E-state index contributed by atoms with van der Waals surface area (Å²) in [6.07, 6.45) is 2.20. The van der Waals surface area contributed by atoms with Gasteiger partial charge in [-0.2, -0.15) is 0 Å². The summed E-state index contributed by atoms with van der Waals surface area (Å²) in [5.74, 6) is 0.145. The van der Waals surface area contributed by atoms with Gasteiger partial charge in [-0.05, 0) is 32.8 Å². The van der Waals surface area contributed by atoms with E-state index in [1.54, 1.807) is 22.0 Å². The van der Waals surface area contributed by atoms with Gasteiger partial charge in [0.05, 0.1) is 12.2 Å². The van der Waals surface area contributed by atoms with Crippen molar-refractivity contribution in [3.8, 4) is 0 Å². The minimum atomic E-state index is -0.0519. The van der Waals surface area contributed by atoms with Gasteiger partial charge in [-0.3, -0.25) is 9.59 Å². The Morgan fingerprint density at radius 2 is 2.05 bits per heavy atom. The van der Waals surface area contributed by atoms with Crippen LogP contribution < -0.4 is 5.56 Å². The van der Waals surface area contributed by atoms with E-state index in [0.29, 0.717) is 18.5 Å². The van der Waals surface area contributed by atoms with Crippen molar-refractivity contribution < 1.29 is 4.79 Å². The fourth-order valence-electron chi connectivity index (χ4n) is 2.61. The fourth-order valence-corrected chi connectivity index (χ4v) is 3.53. The number of pyridine rings is 1. The van der Waals surface area contributed by atoms with Crippen LogP contribution in [0.1, 0.15) is 44.5 Å². The molecule has 0 atom stereocenters. The van der Waals surface area contributed by atoms with Crippen LogP contribution in [0.5, 0.6) is 0 Å². The molecule has 2 aromatic heterocycles. The van der Waals surface area contributed by atoms with Gasteiger partial charge in [0, 0.05) is 28.6 Å². The Bertz CT molecular complexity index is 723. The second kappa shape index (κ2) is 4.98. The zero-order valence-corrected chi connectivity index (χ0v) is 12.4. The topological polar surface area (TPSA) is 52.0 Å². The van der Waals surface area contributed by atoms with Crippen LogP contribution in [-0.2, 0) is 13.0 Å². The van der Waals surface area contributed by atoms with Gasteiger partial charge in [0.1, 0.15) is 5.01 Å². The number of fused-ring (bicyclic) bond motifs is 1. The van der Waals surface area contributed by atoms with Crippen LogP contribution in [-0.4, -0.2) is 15.3 Å². The number of rotatable bonds is 2. The fraction of sp³-hybridized carbons (Fsp3) is 0.400. The number of hydrogen-bond donors (Lipinski definition) is 0. The summed E-state index contributed by atoms with van der Waals surface area (Å²) >= 11 is 1.61. The standard InChI is InChI=1S/C15H16N2O2S/c1-9-10(2)20-14(16-9)8-17-12-4-3-5-13(18)11(12)6-7-15(17)19/h6-7H,3-5,8H2,1-2H3. The minimum absolute atomic E-state index is 0.0519. The number of aromatic nitrogens is 2. The lowest BCUT2D eigenvalue weighted by Crippen LogP contribution is -2.28. The highest BCUT2D eigenvalue weighted by molar-refractivity contribution is 7.11. The van der Waals surface area contributed by atoms with Crippen LogP contribution >= 0.6 is 11.3 Å². The summed E-state index contributed by atoms with van der Waals surface area (Å²) in [4.78, 5) is 29.7. The molecule has 0 saturated carbocycles. The van der Waals surface area contributed by atoms with Gasteiger partial charge in [-0.15, -0.1) is 11.3 Å². The molecule has 20 heavy (non-hydrogen) atoms. The molecule has 0 saturated heterocycles. The summed E-state index contributed by atoms with van der Waals surface area (Å²) in [7, 11) is 0. The highest BCUT2D eigenvalue weighted by Crippen LogP contribution is 2.22. The van der Waals surface area contributed by atoms with Crippen molar-refractivity contribution in [3.63, 3.8) is 0 Å². The first-order chi connectivity index (χ1) is 9.56. The lowest BCUT2D eigenvalue weighted by Gasteiger charge is -2.19. The van der Waals surface area contributed by atoms with E-state index in [2.05, 4.69) is 4.98 Å². The highest BCUT2D eigenvalue weighted by atomic mass is 32.1. The summed E-state index contributed by atoms with van der Waals surface area (Å²) in [5.41, 5.74) is 2.54. The van der Waals surface area contributed by atoms with E-state index < -0.39 is 0 Å². The van der Waals surface area contributed by atoms with E-state index in [9.17, 15) is 9.59 Å². The number of hydrogen-bond acceptors (Lipinski definition) is 4. The van der Waals surface area contributed by atoms with E-state index in [1.165, 1.54) is 10.9 Å². The Morgan fingerprint density at radius 3 is 2.75 bits per heavy atom. The Balaban J connectivity index is 2.07. The SMILES string of the molecule is Cc1nc(Cn2c3c(ccc2=O)C(=O)CCC3)sc1C. The number of nitrogens with zero attached hydrogens (tertiary/aromatic N) is 2. The van der Waals surface area contributed by atoms with Crippen LogP contribution in [0.25, 0.3) is 0 Å². The smallest absolute Gasteiger partial charge is 0.251 e. The maximum Gasteiger partial charge on any atom is 0.251 e. The van der Waals surface area contributed by atoms with E-state index in [-0.39, 0.29) is 11.3 Å². The van der Waals surface area contributed by atoms with Crippen molar-refractivity contribution >= 4 is 17.1 Å². The molecule has 0 spiro atoms. The molecule has 3 rings (SSSR count). The van der Waals surface area contributed by atoms with Crippen molar-refractivity contribution in [3.05, 3.63) is 49.3 Å². The van der Waals surface area contributed by atoms with Crippen LogP contribution in [0.2, 0.25) is 0 Å². The predicted molar refractivity (Wildman–Crippen MR) is 78.7 cm³/mol. The minimum Gasteiger partial charge on any atom is -0.305 e. The molecule has 0 bridgehead atoms. The molecule has 0 aromatic carbocycles. The van der Waals surface area contributed by atoms with Crippen LogP contribution in [0.4, 0.5) is 0 Å². The second-order valence-electron chi connectivity index (χ2n) is 5.14. The van der Waals surface area contributed by atoms with Crippen molar-refractivity contribution in [2.24, 2.45) is 0 Å². The molecule has 0 N–H and O–H groups in total. The van der Waals surface area contributed by atoms with E-state index in [0.717, 1.165) is 29.2 Å². The molecule has 2 aromatic rings. The number of aryl methyl sites for hydroxylation is 2. The Kier molecular flexibility index (Phi) is 3.30. The average Bonchev–Trinajstić information content (AvgIpc) is 2.72. The highest BCUT2D eigenvalue weighted by Gasteiger charge is 2.21. The third-order valence-electron chi connectivity index (χ3n) is 3.78. The van der Waals surface area contributed by atoms with Crippen molar-refractivity contribution in [1.82, 2.24) is 9.55 Å². The van der Waals surface area contributed by atoms with E-state index >= 15 is 0 Å². The van der Waals surface area contributed by atoms with Crippen molar-refractivity contribution in [1.29, 1.82) is 0 Å². The largest absolute Gasteiger partial charge is 0.305 e. The van der Waals surface area contributed by atoms with Crippen LogP contribution in [0.3, 0.4) is 0 Å². The van der Waals surface area contributed by atoms with Crippen molar-refractivity contribution in [2.75, 3.05) is 0 Å². The first kappa shape index (κ1) is 13.2. The quantitative estimate of drug-likeness (QED) is 0.853. The zero-order chi connectivity index (χ0) is 14.3. The van der Waals surface area contributed by atoms with Gasteiger partial charge in [-0.25, -0.2) is 4.98 Å². The maximum atomic E-state index is 12.1. The third kappa shape index (κ3) is 2.22. The molecule has 0 unspecified atom stereocenters. The number of carbonyl (C=O) groups is 1. The van der Waals surface area contributed by atoms with Gasteiger partial charge in [0.25, 0.3) is 5.56 Å². The third-order valence-corrected chi connectivity index (χ3v) is 4.84. The van der Waals surface area contributed by atoms with Crippen molar-refractivity contribution in [2.45, 2.75) is 39.7 Å². The molecule has 0 radical (unpaired) electrons. The predicted octanol–water partition coefficient (Wildman–Crippen LogP) is 2.49. The molecule has 0 fully saturated rings. The van der Waals surface area contributed by atoms with E-state index in [4.69, 9.17) is 0 Å². The van der Waals surface area contributed by atoms with E-state index in [1.807, 2.05) is 13.8 Å². The summed E-state index contributed by atoms with van der Waals surface area (Å²) in [6, 6.07) is 3.17.